The third-order valence-corrected chi connectivity index (χ3v) is 3.81. The van der Waals surface area contributed by atoms with E-state index < -0.39 is 28.2 Å². The van der Waals surface area contributed by atoms with Gasteiger partial charge in [-0.2, -0.15) is 13.2 Å². The zero-order valence-electron chi connectivity index (χ0n) is 9.89. The van der Waals surface area contributed by atoms with Crippen LogP contribution in [-0.2, 0) is 6.18 Å². The highest BCUT2D eigenvalue weighted by atomic mass is 79.9. The molecule has 0 aromatic heterocycles. The highest BCUT2D eigenvalue weighted by Gasteiger charge is 2.34. The first-order chi connectivity index (χ1) is 9.29. The number of benzene rings is 2. The van der Waals surface area contributed by atoms with Crippen molar-refractivity contribution in [2.24, 2.45) is 0 Å². The molecule has 0 aliphatic rings. The van der Waals surface area contributed by atoms with Gasteiger partial charge in [0.05, 0.1) is 10.4 Å². The normalized spacial score (nSPS) is 13.3. The fourth-order valence-electron chi connectivity index (χ4n) is 1.74. The first-order valence-electron chi connectivity index (χ1n) is 5.55. The van der Waals surface area contributed by atoms with Gasteiger partial charge in [-0.25, -0.2) is 8.78 Å². The minimum absolute atomic E-state index is 0.241. The molecule has 0 heterocycles. The molecule has 0 saturated carbocycles. The molecule has 0 radical (unpaired) electrons. The van der Waals surface area contributed by atoms with Crippen molar-refractivity contribution in [1.29, 1.82) is 0 Å². The summed E-state index contributed by atoms with van der Waals surface area (Å²) in [5.41, 5.74) is -0.502. The van der Waals surface area contributed by atoms with Gasteiger partial charge in [-0.05, 0) is 35.4 Å². The van der Waals surface area contributed by atoms with Crippen molar-refractivity contribution in [1.82, 2.24) is 0 Å². The molecule has 0 saturated heterocycles. The lowest BCUT2D eigenvalue weighted by Crippen LogP contribution is -2.09. The second kappa shape index (κ2) is 5.52. The minimum Gasteiger partial charge on any atom is -0.207 e. The molecule has 0 amide bonds. The van der Waals surface area contributed by atoms with E-state index in [2.05, 4.69) is 15.9 Å². The van der Waals surface area contributed by atoms with E-state index in [-0.39, 0.29) is 5.56 Å². The molecule has 0 fully saturated rings. The van der Waals surface area contributed by atoms with E-state index in [9.17, 15) is 22.0 Å². The van der Waals surface area contributed by atoms with Crippen molar-refractivity contribution in [2.45, 2.75) is 11.0 Å². The zero-order chi connectivity index (χ0) is 14.9. The Morgan fingerprint density at radius 1 is 0.850 bits per heavy atom. The van der Waals surface area contributed by atoms with Gasteiger partial charge in [0.15, 0.2) is 0 Å². The van der Waals surface area contributed by atoms with Gasteiger partial charge in [0.25, 0.3) is 0 Å². The van der Waals surface area contributed by atoms with E-state index in [0.29, 0.717) is 5.56 Å². The molecular formula is C14H8BrF5. The summed E-state index contributed by atoms with van der Waals surface area (Å²) in [5, 5.41) is 0. The molecule has 2 rings (SSSR count). The summed E-state index contributed by atoms with van der Waals surface area (Å²) in [4.78, 5) is -0.579. The van der Waals surface area contributed by atoms with Crippen LogP contribution in [0, 0.1) is 11.6 Å². The van der Waals surface area contributed by atoms with E-state index in [1.165, 1.54) is 30.3 Å². The largest absolute Gasteiger partial charge is 0.419 e. The predicted octanol–water partition coefficient (Wildman–Crippen LogP) is 5.47. The summed E-state index contributed by atoms with van der Waals surface area (Å²) in [7, 11) is 0. The van der Waals surface area contributed by atoms with Crippen LogP contribution in [0.25, 0.3) is 0 Å². The zero-order valence-corrected chi connectivity index (χ0v) is 11.5. The third-order valence-electron chi connectivity index (χ3n) is 2.75. The Kier molecular flexibility index (Phi) is 4.13. The molecular weight excluding hydrogens is 343 g/mol. The maximum Gasteiger partial charge on any atom is 0.419 e. The lowest BCUT2D eigenvalue weighted by Gasteiger charge is -2.14. The van der Waals surface area contributed by atoms with Crippen LogP contribution in [0.5, 0.6) is 0 Å². The van der Waals surface area contributed by atoms with Crippen molar-refractivity contribution in [3.05, 3.63) is 70.8 Å². The maximum atomic E-state index is 13.2. The van der Waals surface area contributed by atoms with E-state index in [1.807, 2.05) is 0 Å². The molecule has 1 unspecified atom stereocenters. The van der Waals surface area contributed by atoms with E-state index in [0.717, 1.165) is 12.1 Å². The maximum absolute atomic E-state index is 13.2. The van der Waals surface area contributed by atoms with Crippen LogP contribution in [0.15, 0.2) is 42.5 Å². The highest BCUT2D eigenvalue weighted by Crippen LogP contribution is 2.36. The van der Waals surface area contributed by atoms with Gasteiger partial charge in [-0.15, -0.1) is 0 Å². The summed E-state index contributed by atoms with van der Waals surface area (Å²) < 4.78 is 63.9. The monoisotopic (exact) mass is 350 g/mol. The molecule has 2 aromatic carbocycles. The van der Waals surface area contributed by atoms with Crippen LogP contribution in [0.1, 0.15) is 21.5 Å². The van der Waals surface area contributed by atoms with Gasteiger partial charge in [0.2, 0.25) is 0 Å². The average molecular weight is 351 g/mol. The standard InChI is InChI=1S/C14H8BrF5/c15-13(8-1-4-10(16)5-2-8)9-3-6-12(17)11(7-9)14(18,19)20/h1-7,13H. The van der Waals surface area contributed by atoms with Gasteiger partial charge < -0.3 is 0 Å². The summed E-state index contributed by atoms with van der Waals surface area (Å²) >= 11 is 3.23. The van der Waals surface area contributed by atoms with E-state index in [1.54, 1.807) is 0 Å². The highest BCUT2D eigenvalue weighted by molar-refractivity contribution is 9.09. The summed E-state index contributed by atoms with van der Waals surface area (Å²) in [6.07, 6.45) is -4.75. The van der Waals surface area contributed by atoms with Gasteiger partial charge in [0, 0.05) is 0 Å². The Bertz CT molecular complexity index is 604. The topological polar surface area (TPSA) is 0 Å². The van der Waals surface area contributed by atoms with Crippen LogP contribution in [-0.4, -0.2) is 0 Å². The van der Waals surface area contributed by atoms with Crippen molar-refractivity contribution in [2.75, 3.05) is 0 Å². The van der Waals surface area contributed by atoms with Gasteiger partial charge >= 0.3 is 6.18 Å². The average Bonchev–Trinajstić information content (AvgIpc) is 2.38. The van der Waals surface area contributed by atoms with Crippen molar-refractivity contribution in [3.8, 4) is 0 Å². The number of halogens is 6. The molecule has 0 aliphatic carbocycles. The first-order valence-corrected chi connectivity index (χ1v) is 6.47. The fraction of sp³-hybridized carbons (Fsp3) is 0.143. The van der Waals surface area contributed by atoms with Crippen LogP contribution < -0.4 is 0 Å². The van der Waals surface area contributed by atoms with Gasteiger partial charge in [-0.1, -0.05) is 34.1 Å². The molecule has 6 heteroatoms. The minimum atomic E-state index is -4.75. The first kappa shape index (κ1) is 15.0. The second-order valence-corrected chi connectivity index (χ2v) is 5.07. The Labute approximate surface area is 120 Å². The smallest absolute Gasteiger partial charge is 0.207 e. The van der Waals surface area contributed by atoms with E-state index >= 15 is 0 Å². The predicted molar refractivity (Wildman–Crippen MR) is 68.6 cm³/mol. The number of rotatable bonds is 2. The van der Waals surface area contributed by atoms with Crippen molar-refractivity contribution < 1.29 is 22.0 Å². The molecule has 0 bridgehead atoms. The van der Waals surface area contributed by atoms with Crippen molar-refractivity contribution in [3.63, 3.8) is 0 Å². The van der Waals surface area contributed by atoms with Gasteiger partial charge in [0.1, 0.15) is 11.6 Å². The molecule has 1 atom stereocenters. The molecule has 106 valence electrons. The molecule has 0 nitrogen and oxygen atoms in total. The van der Waals surface area contributed by atoms with Crippen molar-refractivity contribution >= 4 is 15.9 Å². The number of alkyl halides is 4. The Balaban J connectivity index is 2.40. The van der Waals surface area contributed by atoms with E-state index in [4.69, 9.17) is 0 Å². The Morgan fingerprint density at radius 3 is 1.95 bits per heavy atom. The lowest BCUT2D eigenvalue weighted by atomic mass is 10.0. The Morgan fingerprint density at radius 2 is 1.40 bits per heavy atom. The van der Waals surface area contributed by atoms with Crippen LogP contribution in [0.2, 0.25) is 0 Å². The fourth-order valence-corrected chi connectivity index (χ4v) is 2.33. The third kappa shape index (κ3) is 3.17. The lowest BCUT2D eigenvalue weighted by molar-refractivity contribution is -0.140. The summed E-state index contributed by atoms with van der Waals surface area (Å²) in [6, 6.07) is 8.09. The SMILES string of the molecule is Fc1ccc(C(Br)c2ccc(F)c(C(F)(F)F)c2)cc1. The Hall–Kier alpha value is -1.43. The second-order valence-electron chi connectivity index (χ2n) is 4.15. The molecule has 0 aliphatic heterocycles. The van der Waals surface area contributed by atoms with Crippen LogP contribution in [0.3, 0.4) is 0 Å². The van der Waals surface area contributed by atoms with Crippen LogP contribution >= 0.6 is 15.9 Å². The molecule has 2 aromatic rings. The summed E-state index contributed by atoms with van der Waals surface area (Å²) in [5.74, 6) is -1.76. The number of hydrogen-bond donors (Lipinski definition) is 0. The molecule has 20 heavy (non-hydrogen) atoms. The molecule has 0 N–H and O–H groups in total. The quantitative estimate of drug-likeness (QED) is 0.497. The molecule has 0 spiro atoms. The number of hydrogen-bond acceptors (Lipinski definition) is 0. The summed E-state index contributed by atoms with van der Waals surface area (Å²) in [6.45, 7) is 0. The van der Waals surface area contributed by atoms with Gasteiger partial charge in [-0.3, -0.25) is 0 Å². The van der Waals surface area contributed by atoms with Crippen LogP contribution in [0.4, 0.5) is 22.0 Å².